The Balaban J connectivity index is 2.60. The minimum absolute atomic E-state index is 0.170. The predicted molar refractivity (Wildman–Crippen MR) is 79.6 cm³/mol. The standard InChI is InChI=1S/C13H16BrN3O4/c1-7(2)15-12(19)13(20)17-16-11(18)8-4-5-10(21-3)9(14)6-8/h4-7H,1-3H3,(H,15,19)(H,16,18)(H,17,20). The Morgan fingerprint density at radius 3 is 2.33 bits per heavy atom. The average Bonchev–Trinajstić information content (AvgIpc) is 2.43. The number of carbonyl (C=O) groups is 3. The van der Waals surface area contributed by atoms with Crippen LogP contribution >= 0.6 is 15.9 Å². The maximum Gasteiger partial charge on any atom is 0.327 e. The Morgan fingerprint density at radius 2 is 1.81 bits per heavy atom. The number of carbonyl (C=O) groups excluding carboxylic acids is 3. The van der Waals surface area contributed by atoms with E-state index in [2.05, 4.69) is 26.7 Å². The van der Waals surface area contributed by atoms with Crippen molar-refractivity contribution in [3.8, 4) is 5.75 Å². The summed E-state index contributed by atoms with van der Waals surface area (Å²) < 4.78 is 5.64. The van der Waals surface area contributed by atoms with Crippen LogP contribution in [0.25, 0.3) is 0 Å². The lowest BCUT2D eigenvalue weighted by atomic mass is 10.2. The number of ether oxygens (including phenoxy) is 1. The second-order valence-electron chi connectivity index (χ2n) is 4.39. The number of amides is 3. The largest absolute Gasteiger partial charge is 0.496 e. The molecule has 114 valence electrons. The molecule has 0 radical (unpaired) electrons. The van der Waals surface area contributed by atoms with E-state index < -0.39 is 17.7 Å². The van der Waals surface area contributed by atoms with Gasteiger partial charge in [-0.3, -0.25) is 25.2 Å². The Labute approximate surface area is 130 Å². The number of nitrogens with one attached hydrogen (secondary N) is 3. The fourth-order valence-electron chi connectivity index (χ4n) is 1.38. The van der Waals surface area contributed by atoms with Gasteiger partial charge in [-0.2, -0.15) is 0 Å². The lowest BCUT2D eigenvalue weighted by Crippen LogP contribution is -2.49. The molecule has 1 rings (SSSR count). The third-order valence-electron chi connectivity index (χ3n) is 2.33. The molecule has 0 saturated carbocycles. The number of methoxy groups -OCH3 is 1. The molecule has 0 aromatic heterocycles. The van der Waals surface area contributed by atoms with Gasteiger partial charge in [-0.15, -0.1) is 0 Å². The van der Waals surface area contributed by atoms with Crippen LogP contribution in [0.1, 0.15) is 24.2 Å². The Hall–Kier alpha value is -2.09. The molecule has 0 atom stereocenters. The first-order chi connectivity index (χ1) is 9.85. The van der Waals surface area contributed by atoms with E-state index in [9.17, 15) is 14.4 Å². The van der Waals surface area contributed by atoms with Gasteiger partial charge in [0, 0.05) is 11.6 Å². The van der Waals surface area contributed by atoms with E-state index in [4.69, 9.17) is 4.74 Å². The molecule has 0 fully saturated rings. The predicted octanol–water partition coefficient (Wildman–Crippen LogP) is 0.743. The van der Waals surface area contributed by atoms with Gasteiger partial charge in [-0.25, -0.2) is 0 Å². The lowest BCUT2D eigenvalue weighted by Gasteiger charge is -2.10. The third-order valence-corrected chi connectivity index (χ3v) is 2.95. The van der Waals surface area contributed by atoms with Crippen LogP contribution in [0.4, 0.5) is 0 Å². The van der Waals surface area contributed by atoms with Crippen LogP contribution in [-0.4, -0.2) is 30.9 Å². The van der Waals surface area contributed by atoms with Crippen molar-refractivity contribution in [3.63, 3.8) is 0 Å². The molecule has 0 unspecified atom stereocenters. The van der Waals surface area contributed by atoms with E-state index in [1.54, 1.807) is 19.9 Å². The Morgan fingerprint density at radius 1 is 1.14 bits per heavy atom. The zero-order valence-corrected chi connectivity index (χ0v) is 13.4. The van der Waals surface area contributed by atoms with Crippen LogP contribution in [0, 0.1) is 0 Å². The first-order valence-corrected chi connectivity index (χ1v) is 6.89. The van der Waals surface area contributed by atoms with Crippen molar-refractivity contribution in [1.82, 2.24) is 16.2 Å². The van der Waals surface area contributed by atoms with Crippen molar-refractivity contribution >= 4 is 33.7 Å². The van der Waals surface area contributed by atoms with Crippen LogP contribution in [0.3, 0.4) is 0 Å². The van der Waals surface area contributed by atoms with Gasteiger partial charge in [0.15, 0.2) is 0 Å². The lowest BCUT2D eigenvalue weighted by molar-refractivity contribution is -0.139. The summed E-state index contributed by atoms with van der Waals surface area (Å²) in [5, 5.41) is 2.40. The highest BCUT2D eigenvalue weighted by atomic mass is 79.9. The maximum absolute atomic E-state index is 11.8. The number of rotatable bonds is 3. The molecule has 21 heavy (non-hydrogen) atoms. The van der Waals surface area contributed by atoms with Crippen LogP contribution in [-0.2, 0) is 9.59 Å². The molecule has 1 aromatic carbocycles. The summed E-state index contributed by atoms with van der Waals surface area (Å²) >= 11 is 3.25. The number of hydrogen-bond acceptors (Lipinski definition) is 4. The fraction of sp³-hybridized carbons (Fsp3) is 0.308. The van der Waals surface area contributed by atoms with Crippen molar-refractivity contribution in [2.24, 2.45) is 0 Å². The number of halogens is 1. The van der Waals surface area contributed by atoms with E-state index >= 15 is 0 Å². The summed E-state index contributed by atoms with van der Waals surface area (Å²) in [6.07, 6.45) is 0. The van der Waals surface area contributed by atoms with E-state index in [0.717, 1.165) is 0 Å². The summed E-state index contributed by atoms with van der Waals surface area (Å²) in [5.74, 6) is -1.73. The molecular weight excluding hydrogens is 342 g/mol. The molecule has 0 aliphatic heterocycles. The van der Waals surface area contributed by atoms with Gasteiger partial charge in [0.1, 0.15) is 5.75 Å². The number of hydrazine groups is 1. The van der Waals surface area contributed by atoms with E-state index in [1.807, 2.05) is 5.43 Å². The van der Waals surface area contributed by atoms with E-state index in [0.29, 0.717) is 15.8 Å². The number of benzene rings is 1. The number of hydrogen-bond donors (Lipinski definition) is 3. The van der Waals surface area contributed by atoms with Gasteiger partial charge in [-0.1, -0.05) is 0 Å². The topological polar surface area (TPSA) is 96.5 Å². The average molecular weight is 358 g/mol. The second kappa shape index (κ2) is 7.63. The van der Waals surface area contributed by atoms with E-state index in [1.165, 1.54) is 19.2 Å². The second-order valence-corrected chi connectivity index (χ2v) is 5.24. The zero-order valence-electron chi connectivity index (χ0n) is 11.8. The van der Waals surface area contributed by atoms with Gasteiger partial charge < -0.3 is 10.1 Å². The zero-order chi connectivity index (χ0) is 16.0. The fourth-order valence-corrected chi connectivity index (χ4v) is 1.92. The first-order valence-electron chi connectivity index (χ1n) is 6.10. The molecule has 1 aromatic rings. The van der Waals surface area contributed by atoms with Crippen LogP contribution in [0.2, 0.25) is 0 Å². The maximum atomic E-state index is 11.8. The van der Waals surface area contributed by atoms with E-state index in [-0.39, 0.29) is 6.04 Å². The normalized spacial score (nSPS) is 9.95. The highest BCUT2D eigenvalue weighted by Gasteiger charge is 2.16. The van der Waals surface area contributed by atoms with Crippen LogP contribution < -0.4 is 20.9 Å². The van der Waals surface area contributed by atoms with Gasteiger partial charge in [0.2, 0.25) is 0 Å². The van der Waals surface area contributed by atoms with Gasteiger partial charge in [0.05, 0.1) is 11.6 Å². The molecule has 3 N–H and O–H groups in total. The molecule has 0 saturated heterocycles. The summed E-state index contributed by atoms with van der Waals surface area (Å²) in [6, 6.07) is 4.50. The Kier molecular flexibility index (Phi) is 6.16. The summed E-state index contributed by atoms with van der Waals surface area (Å²) in [4.78, 5) is 34.6. The SMILES string of the molecule is COc1ccc(C(=O)NNC(=O)C(=O)NC(C)C)cc1Br. The van der Waals surface area contributed by atoms with Gasteiger partial charge in [-0.05, 0) is 48.0 Å². The van der Waals surface area contributed by atoms with Crippen LogP contribution in [0.15, 0.2) is 22.7 Å². The molecule has 0 bridgehead atoms. The Bertz CT molecular complexity index is 560. The highest BCUT2D eigenvalue weighted by molar-refractivity contribution is 9.10. The molecule has 7 nitrogen and oxygen atoms in total. The minimum Gasteiger partial charge on any atom is -0.496 e. The van der Waals surface area contributed by atoms with Crippen molar-refractivity contribution < 1.29 is 19.1 Å². The summed E-state index contributed by atoms with van der Waals surface area (Å²) in [7, 11) is 1.51. The van der Waals surface area contributed by atoms with Gasteiger partial charge >= 0.3 is 11.8 Å². The molecule has 0 aliphatic carbocycles. The summed E-state index contributed by atoms with van der Waals surface area (Å²) in [6.45, 7) is 3.44. The van der Waals surface area contributed by atoms with Crippen LogP contribution in [0.5, 0.6) is 5.75 Å². The summed E-state index contributed by atoms with van der Waals surface area (Å²) in [5.41, 5.74) is 4.49. The van der Waals surface area contributed by atoms with Crippen molar-refractivity contribution in [2.75, 3.05) is 7.11 Å². The minimum atomic E-state index is -0.940. The molecule has 0 spiro atoms. The molecule has 0 heterocycles. The molecular formula is C13H16BrN3O4. The monoisotopic (exact) mass is 357 g/mol. The smallest absolute Gasteiger partial charge is 0.327 e. The van der Waals surface area contributed by atoms with Crippen molar-refractivity contribution in [1.29, 1.82) is 0 Å². The van der Waals surface area contributed by atoms with Crippen molar-refractivity contribution in [2.45, 2.75) is 19.9 Å². The molecule has 3 amide bonds. The van der Waals surface area contributed by atoms with Crippen molar-refractivity contribution in [3.05, 3.63) is 28.2 Å². The molecule has 0 aliphatic rings. The van der Waals surface area contributed by atoms with Gasteiger partial charge in [0.25, 0.3) is 5.91 Å². The first kappa shape index (κ1) is 17.0. The quantitative estimate of drug-likeness (QED) is 0.549. The third kappa shape index (κ3) is 5.07. The highest BCUT2D eigenvalue weighted by Crippen LogP contribution is 2.25. The molecule has 8 heteroatoms.